The van der Waals surface area contributed by atoms with E-state index in [9.17, 15) is 14.4 Å². The molecule has 0 aliphatic carbocycles. The number of piperidine rings is 1. The van der Waals surface area contributed by atoms with Gasteiger partial charge in [0, 0.05) is 26.1 Å². The first-order valence-corrected chi connectivity index (χ1v) is 8.90. The molecule has 2 saturated heterocycles. The van der Waals surface area contributed by atoms with Gasteiger partial charge in [0.05, 0.1) is 12.1 Å². The molecule has 2 aliphatic rings. The average Bonchev–Trinajstić information content (AvgIpc) is 3.06. The van der Waals surface area contributed by atoms with Crippen LogP contribution in [0.1, 0.15) is 41.6 Å². The molecule has 1 N–H and O–H groups in total. The predicted molar refractivity (Wildman–Crippen MR) is 92.2 cm³/mol. The maximum Gasteiger partial charge on any atom is 0.335 e. The highest BCUT2D eigenvalue weighted by Crippen LogP contribution is 2.22. The number of aromatic carboxylic acids is 1. The minimum Gasteiger partial charge on any atom is -0.478 e. The Labute approximate surface area is 147 Å². The van der Waals surface area contributed by atoms with Crippen molar-refractivity contribution < 1.29 is 19.5 Å². The molecule has 2 amide bonds. The van der Waals surface area contributed by atoms with Crippen molar-refractivity contribution in [2.75, 3.05) is 26.2 Å². The Kier molecular flexibility index (Phi) is 5.36. The van der Waals surface area contributed by atoms with Crippen LogP contribution < -0.4 is 0 Å². The molecule has 1 aromatic rings. The lowest BCUT2D eigenvalue weighted by molar-refractivity contribution is -0.141. The largest absolute Gasteiger partial charge is 0.478 e. The molecule has 6 heteroatoms. The number of hydrogen-bond acceptors (Lipinski definition) is 3. The zero-order valence-electron chi connectivity index (χ0n) is 14.3. The molecule has 25 heavy (non-hydrogen) atoms. The quantitative estimate of drug-likeness (QED) is 0.883. The number of likely N-dealkylation sites (tertiary alicyclic amines) is 2. The molecule has 3 rings (SSSR count). The second-order valence-corrected chi connectivity index (χ2v) is 6.98. The van der Waals surface area contributed by atoms with E-state index in [1.165, 1.54) is 0 Å². The normalized spacial score (nSPS) is 20.8. The van der Waals surface area contributed by atoms with E-state index >= 15 is 0 Å². The van der Waals surface area contributed by atoms with Gasteiger partial charge in [0.1, 0.15) is 0 Å². The molecular weight excluding hydrogens is 320 g/mol. The number of rotatable bonds is 5. The van der Waals surface area contributed by atoms with Gasteiger partial charge in [-0.3, -0.25) is 9.59 Å². The smallest absolute Gasteiger partial charge is 0.335 e. The number of benzene rings is 1. The second kappa shape index (κ2) is 7.68. The van der Waals surface area contributed by atoms with Crippen LogP contribution >= 0.6 is 0 Å². The zero-order chi connectivity index (χ0) is 17.8. The Morgan fingerprint density at radius 1 is 1.20 bits per heavy atom. The SMILES string of the molecule is O=C(O)c1cccc(C[C@H]2CCN(C(=O)CN3CCCCC3=O)C2)c1. The summed E-state index contributed by atoms with van der Waals surface area (Å²) in [5.41, 5.74) is 1.29. The molecule has 1 atom stereocenters. The molecule has 0 saturated carbocycles. The van der Waals surface area contributed by atoms with Crippen LogP contribution in [0.5, 0.6) is 0 Å². The summed E-state index contributed by atoms with van der Waals surface area (Å²) >= 11 is 0. The lowest BCUT2D eigenvalue weighted by Gasteiger charge is -2.28. The molecule has 0 spiro atoms. The number of carboxylic acid groups (broad SMARTS) is 1. The highest BCUT2D eigenvalue weighted by Gasteiger charge is 2.29. The van der Waals surface area contributed by atoms with Crippen molar-refractivity contribution in [3.05, 3.63) is 35.4 Å². The molecule has 1 aromatic carbocycles. The van der Waals surface area contributed by atoms with Crippen molar-refractivity contribution in [1.29, 1.82) is 0 Å². The fourth-order valence-corrected chi connectivity index (χ4v) is 3.68. The van der Waals surface area contributed by atoms with Gasteiger partial charge in [0.15, 0.2) is 0 Å². The van der Waals surface area contributed by atoms with Crippen LogP contribution in [0.4, 0.5) is 0 Å². The molecule has 2 aliphatic heterocycles. The molecule has 0 unspecified atom stereocenters. The number of hydrogen-bond donors (Lipinski definition) is 1. The van der Waals surface area contributed by atoms with E-state index in [4.69, 9.17) is 5.11 Å². The van der Waals surface area contributed by atoms with Gasteiger partial charge in [0.25, 0.3) is 0 Å². The fraction of sp³-hybridized carbons (Fsp3) is 0.526. The lowest BCUT2D eigenvalue weighted by atomic mass is 9.97. The van der Waals surface area contributed by atoms with Crippen molar-refractivity contribution >= 4 is 17.8 Å². The summed E-state index contributed by atoms with van der Waals surface area (Å²) in [7, 11) is 0. The summed E-state index contributed by atoms with van der Waals surface area (Å²) in [6.07, 6.45) is 4.13. The van der Waals surface area contributed by atoms with E-state index in [0.29, 0.717) is 37.5 Å². The number of amides is 2. The van der Waals surface area contributed by atoms with E-state index in [0.717, 1.165) is 31.2 Å². The predicted octanol–water partition coefficient (Wildman–Crippen LogP) is 1.79. The Bertz CT molecular complexity index is 673. The molecule has 0 bridgehead atoms. The fourth-order valence-electron chi connectivity index (χ4n) is 3.68. The van der Waals surface area contributed by atoms with Crippen LogP contribution in [0.25, 0.3) is 0 Å². The third-order valence-electron chi connectivity index (χ3n) is 5.08. The summed E-state index contributed by atoms with van der Waals surface area (Å²) in [5.74, 6) is -0.473. The topological polar surface area (TPSA) is 77.9 Å². The van der Waals surface area contributed by atoms with E-state index in [1.807, 2.05) is 11.0 Å². The van der Waals surface area contributed by atoms with Gasteiger partial charge in [-0.15, -0.1) is 0 Å². The summed E-state index contributed by atoms with van der Waals surface area (Å²) < 4.78 is 0. The Morgan fingerprint density at radius 3 is 2.80 bits per heavy atom. The molecule has 0 aromatic heterocycles. The van der Waals surface area contributed by atoms with Crippen molar-refractivity contribution in [2.24, 2.45) is 5.92 Å². The van der Waals surface area contributed by atoms with Crippen molar-refractivity contribution in [2.45, 2.75) is 32.1 Å². The first kappa shape index (κ1) is 17.5. The van der Waals surface area contributed by atoms with E-state index < -0.39 is 5.97 Å². The molecular formula is C19H24N2O4. The molecule has 6 nitrogen and oxygen atoms in total. The van der Waals surface area contributed by atoms with Crippen LogP contribution in [0.3, 0.4) is 0 Å². The first-order valence-electron chi connectivity index (χ1n) is 8.90. The summed E-state index contributed by atoms with van der Waals surface area (Å²) in [4.78, 5) is 38.9. The van der Waals surface area contributed by atoms with Gasteiger partial charge in [-0.25, -0.2) is 4.79 Å². The monoisotopic (exact) mass is 344 g/mol. The van der Waals surface area contributed by atoms with E-state index in [-0.39, 0.29) is 18.4 Å². The van der Waals surface area contributed by atoms with Crippen molar-refractivity contribution in [3.8, 4) is 0 Å². The van der Waals surface area contributed by atoms with Crippen molar-refractivity contribution in [1.82, 2.24) is 9.80 Å². The summed E-state index contributed by atoms with van der Waals surface area (Å²) in [6.45, 7) is 2.27. The van der Waals surface area contributed by atoms with Crippen LogP contribution in [-0.2, 0) is 16.0 Å². The van der Waals surface area contributed by atoms with Crippen molar-refractivity contribution in [3.63, 3.8) is 0 Å². The third kappa shape index (κ3) is 4.38. The Hall–Kier alpha value is -2.37. The van der Waals surface area contributed by atoms with Crippen LogP contribution in [-0.4, -0.2) is 58.9 Å². The van der Waals surface area contributed by atoms with Crippen LogP contribution in [0.15, 0.2) is 24.3 Å². The molecule has 2 fully saturated rings. The number of carbonyl (C=O) groups is 3. The zero-order valence-corrected chi connectivity index (χ0v) is 14.3. The van der Waals surface area contributed by atoms with Gasteiger partial charge in [0.2, 0.25) is 11.8 Å². The minimum absolute atomic E-state index is 0.0250. The van der Waals surface area contributed by atoms with Gasteiger partial charge in [-0.1, -0.05) is 12.1 Å². The third-order valence-corrected chi connectivity index (χ3v) is 5.08. The Morgan fingerprint density at radius 2 is 2.04 bits per heavy atom. The maximum atomic E-state index is 12.5. The Balaban J connectivity index is 1.53. The van der Waals surface area contributed by atoms with Crippen LogP contribution in [0.2, 0.25) is 0 Å². The highest BCUT2D eigenvalue weighted by molar-refractivity contribution is 5.87. The molecule has 2 heterocycles. The lowest BCUT2D eigenvalue weighted by Crippen LogP contribution is -2.44. The highest BCUT2D eigenvalue weighted by atomic mass is 16.4. The molecule has 134 valence electrons. The minimum atomic E-state index is -0.920. The summed E-state index contributed by atoms with van der Waals surface area (Å²) in [6, 6.07) is 6.99. The van der Waals surface area contributed by atoms with E-state index in [1.54, 1.807) is 23.1 Å². The van der Waals surface area contributed by atoms with E-state index in [2.05, 4.69) is 0 Å². The maximum absolute atomic E-state index is 12.5. The number of carbonyl (C=O) groups excluding carboxylic acids is 2. The first-order chi connectivity index (χ1) is 12.0. The average molecular weight is 344 g/mol. The van der Waals surface area contributed by atoms with Crippen LogP contribution in [0, 0.1) is 5.92 Å². The second-order valence-electron chi connectivity index (χ2n) is 6.98. The van der Waals surface area contributed by atoms with Gasteiger partial charge in [-0.05, 0) is 49.3 Å². The molecule has 0 radical (unpaired) electrons. The van der Waals surface area contributed by atoms with Gasteiger partial charge < -0.3 is 14.9 Å². The number of carboxylic acids is 1. The van der Waals surface area contributed by atoms with Gasteiger partial charge in [-0.2, -0.15) is 0 Å². The summed E-state index contributed by atoms with van der Waals surface area (Å²) in [5, 5.41) is 9.08. The number of nitrogens with zero attached hydrogens (tertiary/aromatic N) is 2. The standard InChI is InChI=1S/C19H24N2O4/c22-17-6-1-2-8-20(17)13-18(23)21-9-7-15(12-21)10-14-4-3-5-16(11-14)19(24)25/h3-5,11,15H,1-2,6-10,12-13H2,(H,24,25)/t15-/m1/s1. The van der Waals surface area contributed by atoms with Gasteiger partial charge >= 0.3 is 5.97 Å².